The van der Waals surface area contributed by atoms with Crippen molar-refractivity contribution >= 4 is 17.2 Å². The first-order valence-corrected chi connectivity index (χ1v) is 5.64. The molecule has 0 fully saturated rings. The Morgan fingerprint density at radius 1 is 1.11 bits per heavy atom. The standard InChI is InChI=1S/C14H12N2O3/c1-9-2-4-10(5-3-9)14(17)11-6-7-13(16(18)19)12(15)8-11/h2-8H,15H2,1H3. The van der Waals surface area contributed by atoms with Gasteiger partial charge in [-0.2, -0.15) is 0 Å². The molecule has 2 rings (SSSR count). The van der Waals surface area contributed by atoms with E-state index in [4.69, 9.17) is 5.73 Å². The molecule has 0 radical (unpaired) electrons. The molecule has 5 nitrogen and oxygen atoms in total. The monoisotopic (exact) mass is 256 g/mol. The number of ketones is 1. The summed E-state index contributed by atoms with van der Waals surface area (Å²) in [5, 5.41) is 10.7. The van der Waals surface area contributed by atoms with Crippen LogP contribution in [-0.4, -0.2) is 10.7 Å². The van der Waals surface area contributed by atoms with Crippen molar-refractivity contribution in [2.45, 2.75) is 6.92 Å². The number of nitro benzene ring substituents is 1. The van der Waals surface area contributed by atoms with Crippen LogP contribution in [0.5, 0.6) is 0 Å². The zero-order valence-electron chi connectivity index (χ0n) is 10.3. The van der Waals surface area contributed by atoms with Crippen LogP contribution in [0, 0.1) is 17.0 Å². The molecule has 0 bridgehead atoms. The summed E-state index contributed by atoms with van der Waals surface area (Å²) in [6, 6.07) is 11.1. The van der Waals surface area contributed by atoms with Crippen LogP contribution in [0.4, 0.5) is 11.4 Å². The number of nitrogens with zero attached hydrogens (tertiary/aromatic N) is 1. The number of nitro groups is 1. The molecule has 0 saturated carbocycles. The van der Waals surface area contributed by atoms with Crippen LogP contribution >= 0.6 is 0 Å². The van der Waals surface area contributed by atoms with E-state index >= 15 is 0 Å². The summed E-state index contributed by atoms with van der Waals surface area (Å²) >= 11 is 0. The van der Waals surface area contributed by atoms with Crippen LogP contribution in [0.25, 0.3) is 0 Å². The highest BCUT2D eigenvalue weighted by molar-refractivity contribution is 6.09. The number of nitrogens with two attached hydrogens (primary N) is 1. The van der Waals surface area contributed by atoms with Crippen LogP contribution in [0.15, 0.2) is 42.5 Å². The van der Waals surface area contributed by atoms with Crippen LogP contribution < -0.4 is 5.73 Å². The fourth-order valence-corrected chi connectivity index (χ4v) is 1.73. The van der Waals surface area contributed by atoms with Crippen molar-refractivity contribution in [2.24, 2.45) is 0 Å². The van der Waals surface area contributed by atoms with E-state index in [0.29, 0.717) is 11.1 Å². The minimum Gasteiger partial charge on any atom is -0.393 e. The van der Waals surface area contributed by atoms with Crippen molar-refractivity contribution in [3.05, 3.63) is 69.3 Å². The Labute approximate surface area is 109 Å². The lowest BCUT2D eigenvalue weighted by atomic mass is 10.0. The second kappa shape index (κ2) is 4.89. The van der Waals surface area contributed by atoms with Crippen molar-refractivity contribution in [3.8, 4) is 0 Å². The van der Waals surface area contributed by atoms with Gasteiger partial charge in [-0.05, 0) is 19.1 Å². The van der Waals surface area contributed by atoms with Crippen molar-refractivity contribution < 1.29 is 9.72 Å². The van der Waals surface area contributed by atoms with Gasteiger partial charge in [0.15, 0.2) is 5.78 Å². The molecule has 5 heteroatoms. The average Bonchev–Trinajstić information content (AvgIpc) is 2.38. The van der Waals surface area contributed by atoms with Crippen molar-refractivity contribution in [2.75, 3.05) is 5.73 Å². The van der Waals surface area contributed by atoms with Gasteiger partial charge in [-0.3, -0.25) is 14.9 Å². The Morgan fingerprint density at radius 2 is 1.68 bits per heavy atom. The van der Waals surface area contributed by atoms with Crippen LogP contribution in [0.3, 0.4) is 0 Å². The zero-order valence-corrected chi connectivity index (χ0v) is 10.3. The molecular formula is C14H12N2O3. The molecule has 0 atom stereocenters. The molecule has 0 heterocycles. The average molecular weight is 256 g/mol. The van der Waals surface area contributed by atoms with Crippen molar-refractivity contribution in [1.29, 1.82) is 0 Å². The molecule has 96 valence electrons. The van der Waals surface area contributed by atoms with E-state index in [1.165, 1.54) is 18.2 Å². The minimum absolute atomic E-state index is 0.0111. The molecule has 2 aromatic rings. The molecule has 0 aliphatic heterocycles. The highest BCUT2D eigenvalue weighted by atomic mass is 16.6. The zero-order chi connectivity index (χ0) is 14.0. The maximum atomic E-state index is 12.2. The third-order valence-corrected chi connectivity index (χ3v) is 2.80. The van der Waals surface area contributed by atoms with Gasteiger partial charge in [0.05, 0.1) is 4.92 Å². The Kier molecular flexibility index (Phi) is 3.29. The number of carbonyl (C=O) groups is 1. The molecule has 2 aromatic carbocycles. The summed E-state index contributed by atoms with van der Waals surface area (Å²) in [6.45, 7) is 1.93. The number of rotatable bonds is 3. The largest absolute Gasteiger partial charge is 0.393 e. The SMILES string of the molecule is Cc1ccc(C(=O)c2ccc([N+](=O)[O-])c(N)c2)cc1. The number of hydrogen-bond donors (Lipinski definition) is 1. The summed E-state index contributed by atoms with van der Waals surface area (Å²) < 4.78 is 0. The fourth-order valence-electron chi connectivity index (χ4n) is 1.73. The number of carbonyl (C=O) groups excluding carboxylic acids is 1. The Hall–Kier alpha value is -2.69. The normalized spacial score (nSPS) is 10.2. The predicted molar refractivity (Wildman–Crippen MR) is 72.1 cm³/mol. The topological polar surface area (TPSA) is 86.2 Å². The van der Waals surface area contributed by atoms with Gasteiger partial charge < -0.3 is 5.73 Å². The van der Waals surface area contributed by atoms with E-state index in [1.54, 1.807) is 12.1 Å². The van der Waals surface area contributed by atoms with Gasteiger partial charge in [0.25, 0.3) is 5.69 Å². The number of aryl methyl sites for hydroxylation is 1. The lowest BCUT2D eigenvalue weighted by Gasteiger charge is -2.03. The van der Waals surface area contributed by atoms with Gasteiger partial charge in [-0.25, -0.2) is 0 Å². The third-order valence-electron chi connectivity index (χ3n) is 2.80. The molecule has 19 heavy (non-hydrogen) atoms. The van der Waals surface area contributed by atoms with Crippen molar-refractivity contribution in [1.82, 2.24) is 0 Å². The van der Waals surface area contributed by atoms with Crippen LogP contribution in [0.2, 0.25) is 0 Å². The number of anilines is 1. The van der Waals surface area contributed by atoms with E-state index in [1.807, 2.05) is 19.1 Å². The van der Waals surface area contributed by atoms with Gasteiger partial charge in [0.1, 0.15) is 5.69 Å². The molecule has 2 N–H and O–H groups in total. The number of nitrogen functional groups attached to an aromatic ring is 1. The number of benzene rings is 2. The molecule has 0 spiro atoms. The molecule has 0 aliphatic carbocycles. The summed E-state index contributed by atoms with van der Waals surface area (Å²) in [5.41, 5.74) is 7.29. The Bertz CT molecular complexity index is 648. The summed E-state index contributed by atoms with van der Waals surface area (Å²) in [4.78, 5) is 22.2. The first-order chi connectivity index (χ1) is 8.99. The van der Waals surface area contributed by atoms with Gasteiger partial charge >= 0.3 is 0 Å². The lowest BCUT2D eigenvalue weighted by Crippen LogP contribution is -2.03. The van der Waals surface area contributed by atoms with Crippen LogP contribution in [0.1, 0.15) is 21.5 Å². The molecule has 0 saturated heterocycles. The maximum Gasteiger partial charge on any atom is 0.292 e. The third kappa shape index (κ3) is 2.60. The van der Waals surface area contributed by atoms with Crippen molar-refractivity contribution in [3.63, 3.8) is 0 Å². The van der Waals surface area contributed by atoms with Gasteiger partial charge in [0.2, 0.25) is 0 Å². The maximum absolute atomic E-state index is 12.2. The minimum atomic E-state index is -0.574. The highest BCUT2D eigenvalue weighted by Crippen LogP contribution is 2.23. The first kappa shape index (κ1) is 12.8. The van der Waals surface area contributed by atoms with Crippen LogP contribution in [-0.2, 0) is 0 Å². The molecule has 0 amide bonds. The highest BCUT2D eigenvalue weighted by Gasteiger charge is 2.15. The lowest BCUT2D eigenvalue weighted by molar-refractivity contribution is -0.383. The molecule has 0 unspecified atom stereocenters. The van der Waals surface area contributed by atoms with E-state index in [-0.39, 0.29) is 17.2 Å². The van der Waals surface area contributed by atoms with Gasteiger partial charge in [0, 0.05) is 17.2 Å². The Morgan fingerprint density at radius 3 is 2.21 bits per heavy atom. The quantitative estimate of drug-likeness (QED) is 0.396. The van der Waals surface area contributed by atoms with E-state index in [2.05, 4.69) is 0 Å². The Balaban J connectivity index is 2.37. The predicted octanol–water partition coefficient (Wildman–Crippen LogP) is 2.72. The van der Waals surface area contributed by atoms with E-state index in [0.717, 1.165) is 5.56 Å². The smallest absolute Gasteiger partial charge is 0.292 e. The summed E-state index contributed by atoms with van der Waals surface area (Å²) in [7, 11) is 0. The number of hydrogen-bond acceptors (Lipinski definition) is 4. The second-order valence-corrected chi connectivity index (χ2v) is 4.23. The molecule has 0 aromatic heterocycles. The van der Waals surface area contributed by atoms with Gasteiger partial charge in [-0.15, -0.1) is 0 Å². The van der Waals surface area contributed by atoms with Gasteiger partial charge in [-0.1, -0.05) is 29.8 Å². The molecule has 0 aliphatic rings. The van der Waals surface area contributed by atoms with E-state index < -0.39 is 4.92 Å². The van der Waals surface area contributed by atoms with E-state index in [9.17, 15) is 14.9 Å². The fraction of sp³-hybridized carbons (Fsp3) is 0.0714. The summed E-state index contributed by atoms with van der Waals surface area (Å²) in [5.74, 6) is -0.207. The first-order valence-electron chi connectivity index (χ1n) is 5.64. The second-order valence-electron chi connectivity index (χ2n) is 4.23. The summed E-state index contributed by atoms with van der Waals surface area (Å²) in [6.07, 6.45) is 0. The molecular weight excluding hydrogens is 244 g/mol.